The van der Waals surface area contributed by atoms with Crippen LogP contribution in [0.25, 0.3) is 0 Å². The largest absolute Gasteiger partial charge is 0.494 e. The summed E-state index contributed by atoms with van der Waals surface area (Å²) in [4.78, 5) is 12.2. The van der Waals surface area contributed by atoms with Crippen LogP contribution in [0, 0.1) is 6.92 Å². The van der Waals surface area contributed by atoms with Crippen molar-refractivity contribution < 1.29 is 9.53 Å². The fourth-order valence-electron chi connectivity index (χ4n) is 2.83. The summed E-state index contributed by atoms with van der Waals surface area (Å²) in [7, 11) is 0. The fourth-order valence-corrected chi connectivity index (χ4v) is 2.83. The minimum absolute atomic E-state index is 0.0956. The Morgan fingerprint density at radius 1 is 0.893 bits per heavy atom. The molecule has 0 atom stereocenters. The van der Waals surface area contributed by atoms with Crippen molar-refractivity contribution in [2.75, 3.05) is 23.8 Å². The quantitative estimate of drug-likeness (QED) is 0.515. The minimum Gasteiger partial charge on any atom is -0.494 e. The van der Waals surface area contributed by atoms with E-state index < -0.39 is 0 Å². The molecule has 1 amide bonds. The molecular formula is C24H26N2O2. The molecular weight excluding hydrogens is 348 g/mol. The van der Waals surface area contributed by atoms with Crippen LogP contribution < -0.4 is 15.4 Å². The third-order valence-electron chi connectivity index (χ3n) is 4.34. The maximum absolute atomic E-state index is 12.2. The van der Waals surface area contributed by atoms with Gasteiger partial charge in [0.05, 0.1) is 13.2 Å². The van der Waals surface area contributed by atoms with E-state index in [-0.39, 0.29) is 12.5 Å². The van der Waals surface area contributed by atoms with E-state index >= 15 is 0 Å². The SMILES string of the molecule is Cc1ccc(NCC(=O)Nc2cccc(OCCCc3ccccc3)c2)cc1. The number of ether oxygens (including phenoxy) is 1. The Kier molecular flexibility index (Phi) is 7.08. The highest BCUT2D eigenvalue weighted by Gasteiger charge is 2.04. The average Bonchev–Trinajstić information content (AvgIpc) is 2.72. The van der Waals surface area contributed by atoms with Crippen LogP contribution in [0.3, 0.4) is 0 Å². The lowest BCUT2D eigenvalue weighted by Crippen LogP contribution is -2.21. The van der Waals surface area contributed by atoms with E-state index in [9.17, 15) is 4.79 Å². The molecule has 0 radical (unpaired) electrons. The standard InChI is InChI=1S/C24H26N2O2/c1-19-12-14-21(15-13-19)25-18-24(27)26-22-10-5-11-23(17-22)28-16-6-9-20-7-3-2-4-8-20/h2-5,7-8,10-15,17,25H,6,9,16,18H2,1H3,(H,26,27). The minimum atomic E-state index is -0.0956. The van der Waals surface area contributed by atoms with Crippen molar-refractivity contribution in [3.63, 3.8) is 0 Å². The lowest BCUT2D eigenvalue weighted by molar-refractivity contribution is -0.114. The van der Waals surface area contributed by atoms with Crippen LogP contribution in [0.2, 0.25) is 0 Å². The summed E-state index contributed by atoms with van der Waals surface area (Å²) in [5.41, 5.74) is 4.16. The summed E-state index contributed by atoms with van der Waals surface area (Å²) in [5.74, 6) is 0.666. The van der Waals surface area contributed by atoms with E-state index in [4.69, 9.17) is 4.74 Å². The van der Waals surface area contributed by atoms with E-state index in [1.165, 1.54) is 11.1 Å². The number of aryl methyl sites for hydroxylation is 2. The van der Waals surface area contributed by atoms with Crippen molar-refractivity contribution in [1.82, 2.24) is 0 Å². The number of anilines is 2. The number of hydrogen-bond donors (Lipinski definition) is 2. The lowest BCUT2D eigenvalue weighted by atomic mass is 10.1. The van der Waals surface area contributed by atoms with Gasteiger partial charge in [0.2, 0.25) is 5.91 Å². The molecule has 0 fully saturated rings. The second-order valence-electron chi connectivity index (χ2n) is 6.73. The van der Waals surface area contributed by atoms with E-state index in [0.717, 1.165) is 30.0 Å². The molecule has 0 saturated heterocycles. The van der Waals surface area contributed by atoms with Crippen molar-refractivity contribution >= 4 is 17.3 Å². The van der Waals surface area contributed by atoms with Gasteiger partial charge >= 0.3 is 0 Å². The Balaban J connectivity index is 1.42. The highest BCUT2D eigenvalue weighted by molar-refractivity contribution is 5.93. The van der Waals surface area contributed by atoms with Gasteiger partial charge in [0.15, 0.2) is 0 Å². The number of benzene rings is 3. The predicted octanol–water partition coefficient (Wildman–Crippen LogP) is 5.06. The number of rotatable bonds is 9. The summed E-state index contributed by atoms with van der Waals surface area (Å²) >= 11 is 0. The first-order chi connectivity index (χ1) is 13.7. The topological polar surface area (TPSA) is 50.4 Å². The molecule has 0 heterocycles. The van der Waals surface area contributed by atoms with Gasteiger partial charge in [0.25, 0.3) is 0 Å². The second kappa shape index (κ2) is 10.2. The van der Waals surface area contributed by atoms with Crippen molar-refractivity contribution in [3.05, 3.63) is 90.0 Å². The Morgan fingerprint density at radius 2 is 1.68 bits per heavy atom. The van der Waals surface area contributed by atoms with Gasteiger partial charge in [-0.2, -0.15) is 0 Å². The van der Waals surface area contributed by atoms with Crippen LogP contribution in [0.15, 0.2) is 78.9 Å². The van der Waals surface area contributed by atoms with Gasteiger partial charge in [-0.15, -0.1) is 0 Å². The summed E-state index contributed by atoms with van der Waals surface area (Å²) in [5, 5.41) is 6.02. The van der Waals surface area contributed by atoms with Crippen molar-refractivity contribution in [2.24, 2.45) is 0 Å². The molecule has 3 aromatic carbocycles. The highest BCUT2D eigenvalue weighted by atomic mass is 16.5. The molecule has 4 nitrogen and oxygen atoms in total. The van der Waals surface area contributed by atoms with Gasteiger partial charge in [-0.05, 0) is 49.6 Å². The van der Waals surface area contributed by atoms with Crippen molar-refractivity contribution in [3.8, 4) is 5.75 Å². The first-order valence-electron chi connectivity index (χ1n) is 9.56. The Bertz CT molecular complexity index is 877. The molecule has 4 heteroatoms. The molecule has 0 spiro atoms. The molecule has 0 saturated carbocycles. The van der Waals surface area contributed by atoms with E-state index in [2.05, 4.69) is 34.9 Å². The first-order valence-corrected chi connectivity index (χ1v) is 9.56. The molecule has 0 aliphatic carbocycles. The van der Waals surface area contributed by atoms with Crippen LogP contribution in [0.4, 0.5) is 11.4 Å². The lowest BCUT2D eigenvalue weighted by Gasteiger charge is -2.10. The first kappa shape index (κ1) is 19.5. The zero-order valence-electron chi connectivity index (χ0n) is 16.2. The van der Waals surface area contributed by atoms with Crippen LogP contribution in [-0.2, 0) is 11.2 Å². The number of hydrogen-bond acceptors (Lipinski definition) is 3. The molecule has 3 rings (SSSR count). The van der Waals surface area contributed by atoms with Gasteiger partial charge in [0, 0.05) is 17.4 Å². The molecule has 0 aromatic heterocycles. The molecule has 0 aliphatic rings. The van der Waals surface area contributed by atoms with Crippen LogP contribution in [0.5, 0.6) is 5.75 Å². The van der Waals surface area contributed by atoms with Gasteiger partial charge in [-0.3, -0.25) is 4.79 Å². The fraction of sp³-hybridized carbons (Fsp3) is 0.208. The van der Waals surface area contributed by atoms with E-state index in [0.29, 0.717) is 6.61 Å². The monoisotopic (exact) mass is 374 g/mol. The van der Waals surface area contributed by atoms with Crippen molar-refractivity contribution in [1.29, 1.82) is 0 Å². The van der Waals surface area contributed by atoms with Crippen LogP contribution in [0.1, 0.15) is 17.5 Å². The van der Waals surface area contributed by atoms with E-state index in [1.807, 2.05) is 61.5 Å². The smallest absolute Gasteiger partial charge is 0.243 e. The van der Waals surface area contributed by atoms with Crippen molar-refractivity contribution in [2.45, 2.75) is 19.8 Å². The Labute approximate surface area is 166 Å². The van der Waals surface area contributed by atoms with Gasteiger partial charge in [0.1, 0.15) is 5.75 Å². The number of carbonyl (C=O) groups excluding carboxylic acids is 1. The van der Waals surface area contributed by atoms with Gasteiger partial charge < -0.3 is 15.4 Å². The summed E-state index contributed by atoms with van der Waals surface area (Å²) < 4.78 is 5.82. The zero-order chi connectivity index (χ0) is 19.6. The molecule has 0 aliphatic heterocycles. The molecule has 3 aromatic rings. The summed E-state index contributed by atoms with van der Waals surface area (Å²) in [6, 6.07) is 25.8. The average molecular weight is 374 g/mol. The number of amides is 1. The molecule has 28 heavy (non-hydrogen) atoms. The van der Waals surface area contributed by atoms with Crippen LogP contribution in [-0.4, -0.2) is 19.1 Å². The second-order valence-corrected chi connectivity index (χ2v) is 6.73. The third-order valence-corrected chi connectivity index (χ3v) is 4.34. The molecule has 2 N–H and O–H groups in total. The predicted molar refractivity (Wildman–Crippen MR) is 115 cm³/mol. The Hall–Kier alpha value is -3.27. The normalized spacial score (nSPS) is 10.3. The third kappa shape index (κ3) is 6.47. The van der Waals surface area contributed by atoms with Gasteiger partial charge in [-0.25, -0.2) is 0 Å². The van der Waals surface area contributed by atoms with Crippen LogP contribution >= 0.6 is 0 Å². The van der Waals surface area contributed by atoms with Gasteiger partial charge in [-0.1, -0.05) is 54.1 Å². The number of nitrogens with one attached hydrogen (secondary N) is 2. The summed E-state index contributed by atoms with van der Waals surface area (Å²) in [6.45, 7) is 2.89. The number of carbonyl (C=O) groups is 1. The highest BCUT2D eigenvalue weighted by Crippen LogP contribution is 2.18. The maximum Gasteiger partial charge on any atom is 0.243 e. The maximum atomic E-state index is 12.2. The zero-order valence-corrected chi connectivity index (χ0v) is 16.2. The summed E-state index contributed by atoms with van der Waals surface area (Å²) in [6.07, 6.45) is 1.93. The molecule has 144 valence electrons. The van der Waals surface area contributed by atoms with E-state index in [1.54, 1.807) is 0 Å². The Morgan fingerprint density at radius 3 is 2.46 bits per heavy atom. The molecule has 0 bridgehead atoms. The molecule has 0 unspecified atom stereocenters.